The van der Waals surface area contributed by atoms with E-state index in [1.54, 1.807) is 0 Å². The van der Waals surface area contributed by atoms with E-state index in [1.807, 2.05) is 0 Å². The lowest BCUT2D eigenvalue weighted by Crippen LogP contribution is -2.52. The maximum Gasteiger partial charge on any atom is 0.317 e. The summed E-state index contributed by atoms with van der Waals surface area (Å²) in [7, 11) is 0. The van der Waals surface area contributed by atoms with Gasteiger partial charge in [0.25, 0.3) is 0 Å². The number of fused-ring (bicyclic) bond motifs is 5. The van der Waals surface area contributed by atoms with Gasteiger partial charge in [0.05, 0.1) is 17.9 Å². The molecule has 4 aliphatic rings. The van der Waals surface area contributed by atoms with Gasteiger partial charge in [0.15, 0.2) is 0 Å². The summed E-state index contributed by atoms with van der Waals surface area (Å²) in [6, 6.07) is -0.317. The Kier molecular flexibility index (Phi) is 2.44. The molecule has 2 amide bonds. The Morgan fingerprint density at radius 2 is 1.50 bits per heavy atom. The highest BCUT2D eigenvalue weighted by molar-refractivity contribution is 9.09. The van der Waals surface area contributed by atoms with Crippen molar-refractivity contribution in [3.05, 3.63) is 0 Å². The number of hydrogen-bond donors (Lipinski definition) is 0. The number of ether oxygens (including phenoxy) is 1. The molecule has 2 bridgehead atoms. The predicted octanol–water partition coefficient (Wildman–Crippen LogP) is 0.233. The molecule has 20 heavy (non-hydrogen) atoms. The van der Waals surface area contributed by atoms with Crippen LogP contribution in [-0.4, -0.2) is 39.5 Å². The van der Waals surface area contributed by atoms with Gasteiger partial charge < -0.3 is 4.74 Å². The molecule has 6 nitrogen and oxygen atoms in total. The van der Waals surface area contributed by atoms with E-state index in [1.165, 1.54) is 4.90 Å². The van der Waals surface area contributed by atoms with Crippen molar-refractivity contribution in [2.45, 2.75) is 30.1 Å². The monoisotopic (exact) mass is 341 g/mol. The van der Waals surface area contributed by atoms with Gasteiger partial charge in [0, 0.05) is 17.7 Å². The lowest BCUT2D eigenvalue weighted by atomic mass is 9.78. The van der Waals surface area contributed by atoms with Gasteiger partial charge in [0.2, 0.25) is 11.8 Å². The van der Waals surface area contributed by atoms with Gasteiger partial charge in [-0.25, -0.2) is 0 Å². The summed E-state index contributed by atoms with van der Waals surface area (Å²) in [6.45, 7) is 0. The standard InChI is InChI=1S/C13H12BrNO5/c14-10-4-3-5(9-8(4)12(18)20-13(9)19)11(10)15-6(16)1-2-7(15)17/h4-5,8-11H,1-3H2. The molecule has 2 saturated heterocycles. The number of rotatable bonds is 1. The van der Waals surface area contributed by atoms with E-state index < -0.39 is 23.8 Å². The summed E-state index contributed by atoms with van der Waals surface area (Å²) in [4.78, 5) is 48.6. The van der Waals surface area contributed by atoms with E-state index in [4.69, 9.17) is 4.74 Å². The highest BCUT2D eigenvalue weighted by atomic mass is 79.9. The number of imide groups is 1. The minimum atomic E-state index is -0.490. The van der Waals surface area contributed by atoms with Crippen LogP contribution >= 0.6 is 15.9 Å². The normalized spacial score (nSPS) is 46.4. The van der Waals surface area contributed by atoms with Gasteiger partial charge >= 0.3 is 11.9 Å². The van der Waals surface area contributed by atoms with E-state index >= 15 is 0 Å². The zero-order chi connectivity index (χ0) is 14.2. The molecule has 0 radical (unpaired) electrons. The first-order chi connectivity index (χ1) is 9.50. The fraction of sp³-hybridized carbons (Fsp3) is 0.692. The minimum absolute atomic E-state index is 0.0323. The molecule has 4 fully saturated rings. The third-order valence-electron chi connectivity index (χ3n) is 5.16. The van der Waals surface area contributed by atoms with E-state index in [0.29, 0.717) is 6.42 Å². The van der Waals surface area contributed by atoms with Gasteiger partial charge in [0.1, 0.15) is 0 Å². The van der Waals surface area contributed by atoms with Crippen molar-refractivity contribution in [2.75, 3.05) is 0 Å². The summed E-state index contributed by atoms with van der Waals surface area (Å²) in [5.74, 6) is -2.36. The lowest BCUT2D eigenvalue weighted by molar-refractivity contribution is -0.155. The number of carbonyl (C=O) groups is 4. The lowest BCUT2D eigenvalue weighted by Gasteiger charge is -2.36. The maximum atomic E-state index is 11.9. The number of halogens is 1. The van der Waals surface area contributed by atoms with E-state index in [-0.39, 0.29) is 47.4 Å². The third kappa shape index (κ3) is 1.34. The zero-order valence-electron chi connectivity index (χ0n) is 10.5. The number of hydrogen-bond acceptors (Lipinski definition) is 5. The van der Waals surface area contributed by atoms with Gasteiger partial charge in [-0.15, -0.1) is 0 Å². The molecule has 4 rings (SSSR count). The second-order valence-electron chi connectivity index (χ2n) is 5.95. The third-order valence-corrected chi connectivity index (χ3v) is 6.38. The molecule has 0 N–H and O–H groups in total. The number of likely N-dealkylation sites (tertiary alicyclic amines) is 1. The van der Waals surface area contributed by atoms with Crippen molar-refractivity contribution in [1.82, 2.24) is 4.90 Å². The van der Waals surface area contributed by atoms with E-state index in [0.717, 1.165) is 0 Å². The molecule has 0 aromatic carbocycles. The molecule has 6 atom stereocenters. The molecule has 106 valence electrons. The first-order valence-corrected chi connectivity index (χ1v) is 7.67. The Morgan fingerprint density at radius 3 is 2.10 bits per heavy atom. The maximum absolute atomic E-state index is 11.9. The summed E-state index contributed by atoms with van der Waals surface area (Å²) >= 11 is 3.55. The summed E-state index contributed by atoms with van der Waals surface area (Å²) < 4.78 is 4.73. The van der Waals surface area contributed by atoms with Crippen LogP contribution < -0.4 is 0 Å². The summed E-state index contributed by atoms with van der Waals surface area (Å²) in [5, 5.41) is 0. The van der Waals surface area contributed by atoms with Crippen molar-refractivity contribution in [3.8, 4) is 0 Å². The average molecular weight is 342 g/mol. The van der Waals surface area contributed by atoms with Crippen molar-refractivity contribution in [3.63, 3.8) is 0 Å². The van der Waals surface area contributed by atoms with Gasteiger partial charge in [-0.1, -0.05) is 15.9 Å². The molecule has 0 spiro atoms. The van der Waals surface area contributed by atoms with E-state index in [2.05, 4.69) is 15.9 Å². The minimum Gasteiger partial charge on any atom is -0.393 e. The largest absolute Gasteiger partial charge is 0.393 e. The second kappa shape index (κ2) is 3.90. The Hall–Kier alpha value is -1.24. The topological polar surface area (TPSA) is 80.8 Å². The van der Waals surface area contributed by atoms with Crippen LogP contribution in [-0.2, 0) is 23.9 Å². The molecule has 2 aliphatic carbocycles. The summed E-state index contributed by atoms with van der Waals surface area (Å²) in [6.07, 6.45) is 1.17. The van der Waals surface area contributed by atoms with Crippen molar-refractivity contribution in [1.29, 1.82) is 0 Å². The number of cyclic esters (lactones) is 2. The highest BCUT2D eigenvalue weighted by Crippen LogP contribution is 2.59. The van der Waals surface area contributed by atoms with Crippen molar-refractivity contribution < 1.29 is 23.9 Å². The molecule has 7 heteroatoms. The van der Waals surface area contributed by atoms with Gasteiger partial charge in [-0.05, 0) is 18.3 Å². The van der Waals surface area contributed by atoms with Crippen LogP contribution in [0.4, 0.5) is 0 Å². The quantitative estimate of drug-likeness (QED) is 0.295. The number of carbonyl (C=O) groups excluding carboxylic acids is 4. The SMILES string of the molecule is O=C1OC(=O)C2C3CC(C(Br)C3N3C(=O)CCC3=O)C12. The fourth-order valence-electron chi connectivity index (χ4n) is 4.45. The molecular weight excluding hydrogens is 330 g/mol. The number of alkyl halides is 1. The Balaban J connectivity index is 1.71. The number of esters is 2. The highest BCUT2D eigenvalue weighted by Gasteiger charge is 2.68. The molecule has 6 unspecified atom stereocenters. The zero-order valence-corrected chi connectivity index (χ0v) is 12.0. The number of nitrogens with zero attached hydrogens (tertiary/aromatic N) is 1. The van der Waals surface area contributed by atoms with Crippen LogP contribution in [0.5, 0.6) is 0 Å². The van der Waals surface area contributed by atoms with E-state index in [9.17, 15) is 19.2 Å². The first-order valence-electron chi connectivity index (χ1n) is 6.75. The van der Waals surface area contributed by atoms with Gasteiger partial charge in [-0.3, -0.25) is 24.1 Å². The fourth-order valence-corrected chi connectivity index (χ4v) is 5.62. The second-order valence-corrected chi connectivity index (χ2v) is 7.00. The van der Waals surface area contributed by atoms with Crippen molar-refractivity contribution in [2.24, 2.45) is 23.7 Å². The van der Waals surface area contributed by atoms with Crippen LogP contribution in [0.15, 0.2) is 0 Å². The van der Waals surface area contributed by atoms with Crippen LogP contribution in [0, 0.1) is 23.7 Å². The van der Waals surface area contributed by atoms with Crippen molar-refractivity contribution >= 4 is 39.7 Å². The molecule has 0 aromatic rings. The Labute approximate surface area is 122 Å². The van der Waals surface area contributed by atoms with Crippen LogP contribution in [0.2, 0.25) is 0 Å². The molecule has 2 saturated carbocycles. The van der Waals surface area contributed by atoms with Crippen LogP contribution in [0.1, 0.15) is 19.3 Å². The first kappa shape index (κ1) is 12.5. The molecule has 2 aliphatic heterocycles. The Bertz CT molecular complexity index is 545. The molecule has 2 heterocycles. The van der Waals surface area contributed by atoms with Crippen LogP contribution in [0.3, 0.4) is 0 Å². The van der Waals surface area contributed by atoms with Gasteiger partial charge in [-0.2, -0.15) is 0 Å². The number of amides is 2. The molecular formula is C13H12BrNO5. The summed E-state index contributed by atoms with van der Waals surface area (Å²) in [5.41, 5.74) is 0. The molecule has 0 aromatic heterocycles. The van der Waals surface area contributed by atoms with Crippen LogP contribution in [0.25, 0.3) is 0 Å². The Morgan fingerprint density at radius 1 is 0.950 bits per heavy atom. The average Bonchev–Trinajstić information content (AvgIpc) is 3.07. The smallest absolute Gasteiger partial charge is 0.317 e. The predicted molar refractivity (Wildman–Crippen MR) is 67.3 cm³/mol.